The zero-order chi connectivity index (χ0) is 35.1. The van der Waals surface area contributed by atoms with E-state index in [0.29, 0.717) is 11.1 Å². The molecule has 1 saturated carbocycles. The number of carbonyl (C=O) groups is 3. The second-order valence-electron chi connectivity index (χ2n) is 12.9. The Morgan fingerprint density at radius 3 is 2.02 bits per heavy atom. The summed E-state index contributed by atoms with van der Waals surface area (Å²) in [6.07, 6.45) is -1.09. The van der Waals surface area contributed by atoms with Gasteiger partial charge in [0.05, 0.1) is 11.5 Å². The Morgan fingerprint density at radius 1 is 0.938 bits per heavy atom. The van der Waals surface area contributed by atoms with E-state index >= 15 is 0 Å². The number of carboxylic acids is 1. The highest BCUT2D eigenvalue weighted by molar-refractivity contribution is 7.87. The second-order valence-corrected chi connectivity index (χ2v) is 14.6. The summed E-state index contributed by atoms with van der Waals surface area (Å²) in [6.45, 7) is 4.11. The predicted octanol–water partition coefficient (Wildman–Crippen LogP) is 4.66. The molecule has 48 heavy (non-hydrogen) atoms. The summed E-state index contributed by atoms with van der Waals surface area (Å²) in [5, 5.41) is 21.4. The molecule has 0 amide bonds. The molecule has 1 aliphatic carbocycles. The smallest absolute Gasteiger partial charge is 0.324 e. The third kappa shape index (κ3) is 9.13. The van der Waals surface area contributed by atoms with Gasteiger partial charge in [-0.1, -0.05) is 79.7 Å². The summed E-state index contributed by atoms with van der Waals surface area (Å²) in [5.41, 5.74) is -1.08. The number of rotatable bonds is 18. The first kappa shape index (κ1) is 36.9. The van der Waals surface area contributed by atoms with Crippen LogP contribution in [0.25, 0.3) is 0 Å². The number of ketones is 1. The van der Waals surface area contributed by atoms with Crippen molar-refractivity contribution in [1.29, 1.82) is 0 Å². The molecule has 3 aromatic carbocycles. The van der Waals surface area contributed by atoms with E-state index in [-0.39, 0.29) is 38.8 Å². The van der Waals surface area contributed by atoms with Crippen molar-refractivity contribution in [2.75, 3.05) is 6.54 Å². The highest BCUT2D eigenvalue weighted by atomic mass is 32.2. The molecule has 3 N–H and O–H groups in total. The summed E-state index contributed by atoms with van der Waals surface area (Å²) < 4.78 is 49.8. The Balaban J connectivity index is 1.64. The zero-order valence-electron chi connectivity index (χ0n) is 27.3. The number of aliphatic hydroxyl groups excluding tert-OH is 1. The van der Waals surface area contributed by atoms with Crippen molar-refractivity contribution >= 4 is 27.9 Å². The monoisotopic (exact) mass is 682 g/mol. The molecule has 12 heteroatoms. The van der Waals surface area contributed by atoms with Crippen LogP contribution in [-0.4, -0.2) is 58.8 Å². The van der Waals surface area contributed by atoms with Crippen LogP contribution < -0.4 is 4.72 Å². The van der Waals surface area contributed by atoms with Crippen LogP contribution in [0, 0.1) is 23.1 Å². The summed E-state index contributed by atoms with van der Waals surface area (Å²) in [6, 6.07) is 23.1. The minimum atomic E-state index is -4.54. The summed E-state index contributed by atoms with van der Waals surface area (Å²) in [7, 11) is -4.54. The lowest BCUT2D eigenvalue weighted by atomic mass is 9.70. The van der Waals surface area contributed by atoms with Crippen LogP contribution in [0.3, 0.4) is 0 Å². The molecule has 0 radical (unpaired) electrons. The van der Waals surface area contributed by atoms with Gasteiger partial charge in [-0.05, 0) is 68.4 Å². The van der Waals surface area contributed by atoms with E-state index in [4.69, 9.17) is 4.74 Å². The molecule has 0 saturated heterocycles. The van der Waals surface area contributed by atoms with Crippen LogP contribution in [0.4, 0.5) is 4.39 Å². The van der Waals surface area contributed by atoms with E-state index in [0.717, 1.165) is 22.0 Å². The molecule has 0 aliphatic heterocycles. The molecule has 0 aromatic heterocycles. The molecule has 3 atom stereocenters. The summed E-state index contributed by atoms with van der Waals surface area (Å²) in [5.74, 6) is -4.93. The lowest BCUT2D eigenvalue weighted by molar-refractivity contribution is -0.162. The highest BCUT2D eigenvalue weighted by Crippen LogP contribution is 2.38. The number of hydrogen-bond acceptors (Lipinski definition) is 7. The Bertz CT molecular complexity index is 1660. The van der Waals surface area contributed by atoms with Crippen LogP contribution in [0.1, 0.15) is 56.7 Å². The fraction of sp³-hybridized carbons (Fsp3) is 0.417. The molecule has 0 spiro atoms. The number of nitrogens with one attached hydrogen (secondary N) is 1. The van der Waals surface area contributed by atoms with Gasteiger partial charge < -0.3 is 14.9 Å². The minimum Gasteiger partial charge on any atom is -0.480 e. The number of nitrogens with zero attached hydrogens (tertiary/aromatic N) is 1. The standard InChI is InChI=1S/C36H43FN2O8S/c1-4-30(35(2,3)34(44)47-24-27-13-9-6-10-14-27)32(41)29(21-25-11-7-5-8-12-25)31(40)23-39(22-26-15-17-28(37)18-16-26)48(45,46)38-36(19-20-36)33(42)43/h5-18,29-31,38,40H,4,19-24H2,1-3H3,(H,42,43)/t29-,30-,31-/m0/s1. The number of carbonyl (C=O) groups excluding carboxylic acids is 2. The van der Waals surface area contributed by atoms with Gasteiger partial charge in [-0.2, -0.15) is 17.4 Å². The molecular weight excluding hydrogens is 639 g/mol. The third-order valence-corrected chi connectivity index (χ3v) is 10.6. The lowest BCUT2D eigenvalue weighted by Crippen LogP contribution is -2.53. The molecule has 0 heterocycles. The number of Topliss-reactive ketones (excluding diaryl/α,β-unsaturated/α-hetero) is 1. The Labute approximate surface area is 281 Å². The van der Waals surface area contributed by atoms with Gasteiger partial charge in [0.1, 0.15) is 23.7 Å². The van der Waals surface area contributed by atoms with Crippen LogP contribution in [0.5, 0.6) is 0 Å². The molecule has 1 fully saturated rings. The first-order valence-electron chi connectivity index (χ1n) is 15.9. The van der Waals surface area contributed by atoms with Gasteiger partial charge >= 0.3 is 11.9 Å². The Morgan fingerprint density at radius 2 is 1.50 bits per heavy atom. The number of aliphatic hydroxyl groups is 1. The third-order valence-electron chi connectivity index (χ3n) is 8.98. The quantitative estimate of drug-likeness (QED) is 0.164. The number of benzene rings is 3. The van der Waals surface area contributed by atoms with Crippen LogP contribution in [0.2, 0.25) is 0 Å². The molecule has 258 valence electrons. The Kier molecular flexibility index (Phi) is 11.9. The molecule has 0 bridgehead atoms. The minimum absolute atomic E-state index is 0.0187. The normalized spacial score (nSPS) is 16.1. The van der Waals surface area contributed by atoms with E-state index < -0.39 is 69.2 Å². The maximum Gasteiger partial charge on any atom is 0.324 e. The van der Waals surface area contributed by atoms with Crippen molar-refractivity contribution in [3.05, 3.63) is 107 Å². The van der Waals surface area contributed by atoms with Crippen LogP contribution >= 0.6 is 0 Å². The van der Waals surface area contributed by atoms with Crippen molar-refractivity contribution < 1.29 is 42.1 Å². The van der Waals surface area contributed by atoms with E-state index in [1.165, 1.54) is 12.1 Å². The van der Waals surface area contributed by atoms with E-state index in [1.807, 2.05) is 30.3 Å². The molecule has 4 rings (SSSR count). The van der Waals surface area contributed by atoms with Crippen molar-refractivity contribution in [2.45, 2.75) is 71.2 Å². The average Bonchev–Trinajstić information content (AvgIpc) is 3.84. The maximum absolute atomic E-state index is 14.4. The summed E-state index contributed by atoms with van der Waals surface area (Å²) in [4.78, 5) is 39.7. The number of ether oxygens (including phenoxy) is 1. The summed E-state index contributed by atoms with van der Waals surface area (Å²) >= 11 is 0. The van der Waals surface area contributed by atoms with Crippen LogP contribution in [0.15, 0.2) is 84.9 Å². The number of hydrogen-bond donors (Lipinski definition) is 3. The average molecular weight is 683 g/mol. The van der Waals surface area contributed by atoms with Gasteiger partial charge in [-0.3, -0.25) is 14.4 Å². The maximum atomic E-state index is 14.4. The van der Waals surface area contributed by atoms with Gasteiger partial charge in [-0.25, -0.2) is 4.39 Å². The van der Waals surface area contributed by atoms with E-state index in [1.54, 1.807) is 51.1 Å². The SMILES string of the molecule is CC[C@@H](C(=O)[C@@H](Cc1ccccc1)[C@@H](O)CN(Cc1ccc(F)cc1)S(=O)(=O)NC1(C(=O)O)CC1)C(C)(C)C(=O)OCc1ccccc1. The number of aliphatic carboxylic acids is 1. The van der Waals surface area contributed by atoms with E-state index in [9.17, 15) is 37.4 Å². The molecule has 10 nitrogen and oxygen atoms in total. The highest BCUT2D eigenvalue weighted by Gasteiger charge is 2.54. The first-order chi connectivity index (χ1) is 22.7. The van der Waals surface area contributed by atoms with Gasteiger partial charge in [-0.15, -0.1) is 0 Å². The molecular formula is C36H43FN2O8S. The van der Waals surface area contributed by atoms with Gasteiger partial charge in [0.15, 0.2) is 0 Å². The fourth-order valence-corrected chi connectivity index (χ4v) is 7.43. The van der Waals surface area contributed by atoms with Gasteiger partial charge in [0.25, 0.3) is 10.2 Å². The van der Waals surface area contributed by atoms with Crippen LogP contribution in [-0.2, 0) is 48.9 Å². The number of halogens is 1. The van der Waals surface area contributed by atoms with Gasteiger partial charge in [0, 0.05) is 24.9 Å². The number of esters is 1. The molecule has 1 aliphatic rings. The fourth-order valence-electron chi connectivity index (χ4n) is 5.84. The van der Waals surface area contributed by atoms with Crippen molar-refractivity contribution in [3.8, 4) is 0 Å². The van der Waals surface area contributed by atoms with Crippen molar-refractivity contribution in [3.63, 3.8) is 0 Å². The lowest BCUT2D eigenvalue weighted by Gasteiger charge is -2.35. The predicted molar refractivity (Wildman–Crippen MR) is 177 cm³/mol. The second kappa shape index (κ2) is 15.5. The van der Waals surface area contributed by atoms with E-state index in [2.05, 4.69) is 4.72 Å². The van der Waals surface area contributed by atoms with Gasteiger partial charge in [0.2, 0.25) is 0 Å². The topological polar surface area (TPSA) is 150 Å². The largest absolute Gasteiger partial charge is 0.480 e. The van der Waals surface area contributed by atoms with Crippen molar-refractivity contribution in [1.82, 2.24) is 9.03 Å². The van der Waals surface area contributed by atoms with Crippen molar-refractivity contribution in [2.24, 2.45) is 17.3 Å². The Hall–Kier alpha value is -3.97. The molecule has 0 unspecified atom stereocenters. The first-order valence-corrected chi connectivity index (χ1v) is 17.4. The zero-order valence-corrected chi connectivity index (χ0v) is 28.2. The molecule has 3 aromatic rings. The number of carboxylic acid groups (broad SMARTS) is 1.